The number of fused-ring (bicyclic) bond motifs is 1. The number of carbonyl (C=O) groups is 1. The summed E-state index contributed by atoms with van der Waals surface area (Å²) in [7, 11) is 0. The number of pyridine rings is 1. The average molecular weight is 239 g/mol. The molecule has 0 spiro atoms. The highest BCUT2D eigenvalue weighted by Crippen LogP contribution is 2.19. The van der Waals surface area contributed by atoms with E-state index in [1.54, 1.807) is 12.3 Å². The third-order valence-corrected chi connectivity index (χ3v) is 2.56. The van der Waals surface area contributed by atoms with E-state index in [2.05, 4.69) is 15.9 Å². The molecule has 2 N–H and O–H groups in total. The Morgan fingerprint density at radius 3 is 2.85 bits per heavy atom. The van der Waals surface area contributed by atoms with E-state index >= 15 is 0 Å². The number of halogens is 1. The average Bonchev–Trinajstić information content (AvgIpc) is 2.47. The summed E-state index contributed by atoms with van der Waals surface area (Å²) in [5.74, 6) is -0.410. The largest absolute Gasteiger partial charge is 0.366 e. The number of primary amides is 1. The molecule has 4 heteroatoms. The van der Waals surface area contributed by atoms with Crippen LogP contribution >= 0.6 is 15.9 Å². The molecule has 0 saturated carbocycles. The number of hydrogen-bond acceptors (Lipinski definition) is 1. The van der Waals surface area contributed by atoms with Gasteiger partial charge in [0.05, 0.1) is 11.1 Å². The van der Waals surface area contributed by atoms with E-state index in [-0.39, 0.29) is 0 Å². The first kappa shape index (κ1) is 8.31. The fourth-order valence-corrected chi connectivity index (χ4v) is 1.68. The summed E-state index contributed by atoms with van der Waals surface area (Å²) in [5, 5.41) is 0. The van der Waals surface area contributed by atoms with Crippen molar-refractivity contribution in [1.82, 2.24) is 4.40 Å². The fraction of sp³-hybridized carbons (Fsp3) is 0. The summed E-state index contributed by atoms with van der Waals surface area (Å²) in [6, 6.07) is 5.48. The predicted molar refractivity (Wildman–Crippen MR) is 53.6 cm³/mol. The molecule has 0 unspecified atom stereocenters. The molecule has 0 atom stereocenters. The molecular weight excluding hydrogens is 232 g/mol. The van der Waals surface area contributed by atoms with Gasteiger partial charge in [0.2, 0.25) is 5.91 Å². The van der Waals surface area contributed by atoms with E-state index in [1.165, 1.54) is 0 Å². The zero-order valence-corrected chi connectivity index (χ0v) is 8.28. The molecule has 0 saturated heterocycles. The van der Waals surface area contributed by atoms with Gasteiger partial charge in [-0.15, -0.1) is 0 Å². The molecule has 0 aliphatic rings. The molecule has 3 nitrogen and oxygen atoms in total. The van der Waals surface area contributed by atoms with Gasteiger partial charge in [0, 0.05) is 16.9 Å². The normalized spacial score (nSPS) is 10.5. The highest BCUT2D eigenvalue weighted by molar-refractivity contribution is 9.10. The summed E-state index contributed by atoms with van der Waals surface area (Å²) in [6.07, 6.45) is 3.58. The van der Waals surface area contributed by atoms with Gasteiger partial charge in [-0.2, -0.15) is 0 Å². The van der Waals surface area contributed by atoms with Gasteiger partial charge >= 0.3 is 0 Å². The quantitative estimate of drug-likeness (QED) is 0.810. The predicted octanol–water partition coefficient (Wildman–Crippen LogP) is 1.80. The minimum Gasteiger partial charge on any atom is -0.366 e. The van der Waals surface area contributed by atoms with Crippen molar-refractivity contribution in [2.24, 2.45) is 5.73 Å². The first-order valence-corrected chi connectivity index (χ1v) is 4.54. The van der Waals surface area contributed by atoms with Gasteiger partial charge in [-0.3, -0.25) is 4.79 Å². The van der Waals surface area contributed by atoms with Crippen molar-refractivity contribution in [2.75, 3.05) is 0 Å². The molecule has 13 heavy (non-hydrogen) atoms. The second-order valence-corrected chi connectivity index (χ2v) is 3.59. The Labute approximate surface area is 83.3 Å². The number of carbonyl (C=O) groups excluding carboxylic acids is 1. The topological polar surface area (TPSA) is 47.5 Å². The van der Waals surface area contributed by atoms with Crippen LogP contribution in [0.15, 0.2) is 35.1 Å². The van der Waals surface area contributed by atoms with E-state index in [0.717, 1.165) is 9.99 Å². The van der Waals surface area contributed by atoms with Gasteiger partial charge in [0.1, 0.15) is 0 Å². The van der Waals surface area contributed by atoms with Crippen molar-refractivity contribution in [3.8, 4) is 0 Å². The van der Waals surface area contributed by atoms with Crippen LogP contribution in [0.1, 0.15) is 10.4 Å². The Kier molecular flexibility index (Phi) is 1.84. The maximum Gasteiger partial charge on any atom is 0.250 e. The Morgan fingerprint density at radius 2 is 2.15 bits per heavy atom. The molecule has 0 bridgehead atoms. The van der Waals surface area contributed by atoms with Gasteiger partial charge in [0.25, 0.3) is 0 Å². The molecule has 0 radical (unpaired) electrons. The van der Waals surface area contributed by atoms with Gasteiger partial charge in [-0.25, -0.2) is 0 Å². The fourth-order valence-electron chi connectivity index (χ4n) is 1.22. The summed E-state index contributed by atoms with van der Waals surface area (Å²) in [4.78, 5) is 10.8. The van der Waals surface area contributed by atoms with Crippen molar-refractivity contribution in [1.29, 1.82) is 0 Å². The van der Waals surface area contributed by atoms with E-state index in [0.29, 0.717) is 5.56 Å². The Hall–Kier alpha value is -1.29. The van der Waals surface area contributed by atoms with Crippen molar-refractivity contribution in [3.05, 3.63) is 40.6 Å². The molecule has 2 heterocycles. The van der Waals surface area contributed by atoms with Crippen LogP contribution in [0.5, 0.6) is 0 Å². The van der Waals surface area contributed by atoms with E-state index in [4.69, 9.17) is 5.73 Å². The van der Waals surface area contributed by atoms with Crippen LogP contribution in [0.2, 0.25) is 0 Å². The molecule has 66 valence electrons. The third kappa shape index (κ3) is 1.33. The second kappa shape index (κ2) is 2.88. The summed E-state index contributed by atoms with van der Waals surface area (Å²) in [5.41, 5.74) is 6.68. The number of aromatic nitrogens is 1. The molecule has 2 aromatic rings. The van der Waals surface area contributed by atoms with Gasteiger partial charge in [-0.1, -0.05) is 0 Å². The number of amides is 1. The van der Waals surface area contributed by atoms with Crippen molar-refractivity contribution >= 4 is 27.4 Å². The highest BCUT2D eigenvalue weighted by Gasteiger charge is 2.03. The van der Waals surface area contributed by atoms with Crippen LogP contribution in [0.4, 0.5) is 0 Å². The smallest absolute Gasteiger partial charge is 0.250 e. The Morgan fingerprint density at radius 1 is 1.38 bits per heavy atom. The first-order valence-electron chi connectivity index (χ1n) is 3.74. The number of rotatable bonds is 1. The van der Waals surface area contributed by atoms with E-state index in [9.17, 15) is 4.79 Å². The van der Waals surface area contributed by atoms with Crippen molar-refractivity contribution in [3.63, 3.8) is 0 Å². The standard InChI is InChI=1S/C9H7BrN2O/c10-7-3-4-12-5-6(9(11)13)1-2-8(7)12/h1-5H,(H2,11,13). The van der Waals surface area contributed by atoms with E-state index in [1.807, 2.05) is 22.7 Å². The lowest BCUT2D eigenvalue weighted by Crippen LogP contribution is -2.11. The molecule has 0 aromatic carbocycles. The number of nitrogens with zero attached hydrogens (tertiary/aromatic N) is 1. The third-order valence-electron chi connectivity index (χ3n) is 1.89. The lowest BCUT2D eigenvalue weighted by molar-refractivity contribution is 0.1000. The molecule has 0 aliphatic carbocycles. The van der Waals surface area contributed by atoms with E-state index < -0.39 is 5.91 Å². The molecule has 0 aliphatic heterocycles. The monoisotopic (exact) mass is 238 g/mol. The minimum atomic E-state index is -0.410. The van der Waals surface area contributed by atoms with Crippen LogP contribution in [0.3, 0.4) is 0 Å². The second-order valence-electron chi connectivity index (χ2n) is 2.74. The summed E-state index contributed by atoms with van der Waals surface area (Å²) >= 11 is 3.39. The zero-order chi connectivity index (χ0) is 9.42. The zero-order valence-electron chi connectivity index (χ0n) is 6.70. The Bertz CT molecular complexity index is 475. The molecule has 0 fully saturated rings. The molecule has 1 amide bonds. The molecule has 2 rings (SSSR count). The van der Waals surface area contributed by atoms with Crippen LogP contribution in [-0.4, -0.2) is 10.3 Å². The molecule has 2 aromatic heterocycles. The van der Waals surface area contributed by atoms with Crippen LogP contribution < -0.4 is 5.73 Å². The maximum atomic E-state index is 10.8. The van der Waals surface area contributed by atoms with Crippen molar-refractivity contribution in [2.45, 2.75) is 0 Å². The SMILES string of the molecule is NC(=O)c1ccc2c(Br)ccn2c1. The lowest BCUT2D eigenvalue weighted by atomic mass is 10.2. The van der Waals surface area contributed by atoms with Crippen LogP contribution in [0, 0.1) is 0 Å². The summed E-state index contributed by atoms with van der Waals surface area (Å²) < 4.78 is 2.85. The van der Waals surface area contributed by atoms with Gasteiger partial charge in [0.15, 0.2) is 0 Å². The van der Waals surface area contributed by atoms with Gasteiger partial charge < -0.3 is 10.1 Å². The van der Waals surface area contributed by atoms with Crippen LogP contribution in [0.25, 0.3) is 5.52 Å². The number of hydrogen-bond donors (Lipinski definition) is 1. The maximum absolute atomic E-state index is 10.8. The Balaban J connectivity index is 2.70. The summed E-state index contributed by atoms with van der Waals surface area (Å²) in [6.45, 7) is 0. The van der Waals surface area contributed by atoms with Crippen LogP contribution in [-0.2, 0) is 0 Å². The first-order chi connectivity index (χ1) is 6.18. The lowest BCUT2D eigenvalue weighted by Gasteiger charge is -1.98. The van der Waals surface area contributed by atoms with Gasteiger partial charge in [-0.05, 0) is 34.1 Å². The minimum absolute atomic E-state index is 0.410. The highest BCUT2D eigenvalue weighted by atomic mass is 79.9. The van der Waals surface area contributed by atoms with Crippen molar-refractivity contribution < 1.29 is 4.79 Å². The number of nitrogens with two attached hydrogens (primary N) is 1. The molecular formula is C9H7BrN2O.